The number of aldehydes is 1. The molecule has 0 bridgehead atoms. The molecule has 0 spiro atoms. The van der Waals surface area contributed by atoms with E-state index in [2.05, 4.69) is 0 Å². The van der Waals surface area contributed by atoms with Gasteiger partial charge in [0.05, 0.1) is 6.61 Å². The third kappa shape index (κ3) is 1.94. The van der Waals surface area contributed by atoms with E-state index in [9.17, 15) is 14.0 Å². The van der Waals surface area contributed by atoms with Crippen LogP contribution >= 0.6 is 0 Å². The standard InChI is InChI=1S/C11H10FNO3/c12-9-3-1-8(2-4-9)11(15)13-5-6-16-10(13)7-14/h1-4,7,10H,5-6H2. The highest BCUT2D eigenvalue weighted by Crippen LogP contribution is 2.13. The number of carbonyl (C=O) groups excluding carboxylic acids is 2. The summed E-state index contributed by atoms with van der Waals surface area (Å²) in [5, 5.41) is 0. The number of amides is 1. The number of benzene rings is 1. The molecule has 0 aromatic heterocycles. The first kappa shape index (κ1) is 10.8. The lowest BCUT2D eigenvalue weighted by molar-refractivity contribution is -0.120. The second kappa shape index (κ2) is 4.40. The minimum absolute atomic E-state index is 0.324. The maximum Gasteiger partial charge on any atom is 0.256 e. The Morgan fingerprint density at radius 1 is 1.44 bits per heavy atom. The van der Waals surface area contributed by atoms with Crippen LogP contribution < -0.4 is 0 Å². The highest BCUT2D eigenvalue weighted by molar-refractivity contribution is 5.95. The average Bonchev–Trinajstić information content (AvgIpc) is 2.77. The fourth-order valence-electron chi connectivity index (χ4n) is 1.58. The van der Waals surface area contributed by atoms with Crippen molar-refractivity contribution in [3.63, 3.8) is 0 Å². The lowest BCUT2D eigenvalue weighted by atomic mass is 10.2. The predicted octanol–water partition coefficient (Wildman–Crippen LogP) is 0.823. The van der Waals surface area contributed by atoms with Crippen LogP contribution in [0, 0.1) is 5.82 Å². The number of halogens is 1. The van der Waals surface area contributed by atoms with Gasteiger partial charge in [-0.25, -0.2) is 4.39 Å². The van der Waals surface area contributed by atoms with E-state index in [4.69, 9.17) is 4.74 Å². The van der Waals surface area contributed by atoms with Gasteiger partial charge in [-0.3, -0.25) is 9.59 Å². The minimum Gasteiger partial charge on any atom is -0.349 e. The Balaban J connectivity index is 2.18. The Hall–Kier alpha value is -1.75. The normalized spacial score (nSPS) is 19.8. The smallest absolute Gasteiger partial charge is 0.256 e. The van der Waals surface area contributed by atoms with Crippen LogP contribution in [0.15, 0.2) is 24.3 Å². The molecule has 1 aromatic carbocycles. The summed E-state index contributed by atoms with van der Waals surface area (Å²) in [5.41, 5.74) is 0.346. The summed E-state index contributed by atoms with van der Waals surface area (Å²) in [4.78, 5) is 23.8. The van der Waals surface area contributed by atoms with Crippen LogP contribution in [0.2, 0.25) is 0 Å². The Bertz CT molecular complexity index is 404. The van der Waals surface area contributed by atoms with E-state index >= 15 is 0 Å². The van der Waals surface area contributed by atoms with Gasteiger partial charge in [-0.1, -0.05) is 0 Å². The molecule has 2 rings (SSSR count). The van der Waals surface area contributed by atoms with Crippen LogP contribution in [-0.4, -0.2) is 36.5 Å². The third-order valence-corrected chi connectivity index (χ3v) is 2.40. The second-order valence-corrected chi connectivity index (χ2v) is 3.40. The van der Waals surface area contributed by atoms with Crippen molar-refractivity contribution in [3.05, 3.63) is 35.6 Å². The zero-order chi connectivity index (χ0) is 11.5. The number of ether oxygens (including phenoxy) is 1. The maximum absolute atomic E-state index is 12.7. The predicted molar refractivity (Wildman–Crippen MR) is 53.2 cm³/mol. The lowest BCUT2D eigenvalue weighted by Crippen LogP contribution is -2.37. The number of nitrogens with zero attached hydrogens (tertiary/aromatic N) is 1. The molecule has 0 aliphatic carbocycles. The van der Waals surface area contributed by atoms with Crippen molar-refractivity contribution in [3.8, 4) is 0 Å². The van der Waals surface area contributed by atoms with E-state index in [1.54, 1.807) is 0 Å². The summed E-state index contributed by atoms with van der Waals surface area (Å²) in [6.45, 7) is 0.718. The number of hydrogen-bond donors (Lipinski definition) is 0. The van der Waals surface area contributed by atoms with Crippen molar-refractivity contribution in [2.24, 2.45) is 0 Å². The molecule has 1 fully saturated rings. The van der Waals surface area contributed by atoms with Crippen molar-refractivity contribution in [1.82, 2.24) is 4.90 Å². The molecule has 84 valence electrons. The van der Waals surface area contributed by atoms with Crippen LogP contribution in [0.5, 0.6) is 0 Å². The molecule has 1 aliphatic rings. The zero-order valence-electron chi connectivity index (χ0n) is 8.43. The van der Waals surface area contributed by atoms with Gasteiger partial charge >= 0.3 is 0 Å². The summed E-state index contributed by atoms with van der Waals surface area (Å²) in [6, 6.07) is 5.19. The van der Waals surface area contributed by atoms with Crippen LogP contribution in [-0.2, 0) is 9.53 Å². The molecule has 0 N–H and O–H groups in total. The van der Waals surface area contributed by atoms with Crippen LogP contribution in [0.1, 0.15) is 10.4 Å². The summed E-state index contributed by atoms with van der Waals surface area (Å²) < 4.78 is 17.7. The lowest BCUT2D eigenvalue weighted by Gasteiger charge is -2.18. The molecule has 1 aromatic rings. The van der Waals surface area contributed by atoms with Gasteiger partial charge in [0.2, 0.25) is 0 Å². The number of hydrogen-bond acceptors (Lipinski definition) is 3. The minimum atomic E-state index is -0.822. The van der Waals surface area contributed by atoms with Crippen LogP contribution in [0.3, 0.4) is 0 Å². The molecule has 0 radical (unpaired) electrons. The highest BCUT2D eigenvalue weighted by Gasteiger charge is 2.29. The van der Waals surface area contributed by atoms with E-state index < -0.39 is 12.0 Å². The second-order valence-electron chi connectivity index (χ2n) is 3.40. The Morgan fingerprint density at radius 3 is 2.75 bits per heavy atom. The molecule has 1 heterocycles. The summed E-state index contributed by atoms with van der Waals surface area (Å²) in [7, 11) is 0. The largest absolute Gasteiger partial charge is 0.349 e. The molecule has 1 atom stereocenters. The molecule has 4 nitrogen and oxygen atoms in total. The van der Waals surface area contributed by atoms with Gasteiger partial charge in [0.1, 0.15) is 5.82 Å². The highest BCUT2D eigenvalue weighted by atomic mass is 19.1. The fraction of sp³-hybridized carbons (Fsp3) is 0.273. The van der Waals surface area contributed by atoms with E-state index in [0.717, 1.165) is 0 Å². The van der Waals surface area contributed by atoms with Crippen LogP contribution in [0.25, 0.3) is 0 Å². The molecular formula is C11H10FNO3. The van der Waals surface area contributed by atoms with Crippen molar-refractivity contribution in [2.75, 3.05) is 13.2 Å². The molecule has 5 heteroatoms. The quantitative estimate of drug-likeness (QED) is 0.697. The van der Waals surface area contributed by atoms with Crippen LogP contribution in [0.4, 0.5) is 4.39 Å². The molecule has 16 heavy (non-hydrogen) atoms. The first-order valence-corrected chi connectivity index (χ1v) is 4.86. The molecule has 0 saturated carbocycles. The molecule has 1 aliphatic heterocycles. The molecule has 1 saturated heterocycles. The van der Waals surface area contributed by atoms with E-state index in [1.807, 2.05) is 0 Å². The van der Waals surface area contributed by atoms with Gasteiger partial charge in [-0.15, -0.1) is 0 Å². The van der Waals surface area contributed by atoms with Gasteiger partial charge in [-0.05, 0) is 24.3 Å². The zero-order valence-corrected chi connectivity index (χ0v) is 8.43. The van der Waals surface area contributed by atoms with E-state index in [1.165, 1.54) is 29.2 Å². The monoisotopic (exact) mass is 223 g/mol. The van der Waals surface area contributed by atoms with Gasteiger partial charge in [-0.2, -0.15) is 0 Å². The fourth-order valence-corrected chi connectivity index (χ4v) is 1.58. The molecular weight excluding hydrogens is 213 g/mol. The van der Waals surface area contributed by atoms with Crippen molar-refractivity contribution >= 4 is 12.2 Å². The Morgan fingerprint density at radius 2 is 2.12 bits per heavy atom. The number of rotatable bonds is 2. The van der Waals surface area contributed by atoms with Gasteiger partial charge in [0, 0.05) is 12.1 Å². The van der Waals surface area contributed by atoms with Crippen molar-refractivity contribution in [1.29, 1.82) is 0 Å². The Labute approximate surface area is 91.6 Å². The third-order valence-electron chi connectivity index (χ3n) is 2.40. The summed E-state index contributed by atoms with van der Waals surface area (Å²) in [5.74, 6) is -0.726. The van der Waals surface area contributed by atoms with E-state index in [-0.39, 0.29) is 5.91 Å². The molecule has 1 amide bonds. The van der Waals surface area contributed by atoms with E-state index in [0.29, 0.717) is 25.0 Å². The first-order valence-electron chi connectivity index (χ1n) is 4.86. The van der Waals surface area contributed by atoms with Gasteiger partial charge in [0.25, 0.3) is 5.91 Å². The summed E-state index contributed by atoms with van der Waals surface area (Å²) in [6.07, 6.45) is -0.244. The van der Waals surface area contributed by atoms with Gasteiger partial charge in [0.15, 0.2) is 12.5 Å². The SMILES string of the molecule is O=CC1OCCN1C(=O)c1ccc(F)cc1. The van der Waals surface area contributed by atoms with Gasteiger partial charge < -0.3 is 9.64 Å². The first-order chi connectivity index (χ1) is 7.72. The van der Waals surface area contributed by atoms with Crippen molar-refractivity contribution < 1.29 is 18.7 Å². The maximum atomic E-state index is 12.7. The molecule has 1 unspecified atom stereocenters. The Kier molecular flexibility index (Phi) is 2.96. The number of carbonyl (C=O) groups is 2. The average molecular weight is 223 g/mol. The summed E-state index contributed by atoms with van der Waals surface area (Å²) >= 11 is 0. The topological polar surface area (TPSA) is 46.6 Å². The van der Waals surface area contributed by atoms with Crippen molar-refractivity contribution in [2.45, 2.75) is 6.23 Å².